The largest absolute Gasteiger partial charge is 0.481 e. The Labute approximate surface area is 145 Å². The minimum atomic E-state index is -1.19. The number of carboxylic acid groups (broad SMARTS) is 1. The highest BCUT2D eigenvalue weighted by molar-refractivity contribution is 5.85. The van der Waals surface area contributed by atoms with Crippen LogP contribution in [0.2, 0.25) is 0 Å². The van der Waals surface area contributed by atoms with Crippen LogP contribution in [0, 0.1) is 28.6 Å². The molecule has 1 heterocycles. The topological polar surface area (TPSA) is 104 Å². The maximum absolute atomic E-state index is 12.7. The molecule has 5 fully saturated rings. The number of aliphatic hydroxyl groups excluding tert-OH is 1. The van der Waals surface area contributed by atoms with Crippen molar-refractivity contribution in [3.63, 3.8) is 0 Å². The number of ether oxygens (including phenoxy) is 1. The summed E-state index contributed by atoms with van der Waals surface area (Å²) in [5.74, 6) is -2.86. The van der Waals surface area contributed by atoms with E-state index >= 15 is 0 Å². The number of carbonyl (C=O) groups is 2. The van der Waals surface area contributed by atoms with Crippen molar-refractivity contribution in [1.29, 1.82) is 0 Å². The van der Waals surface area contributed by atoms with Crippen LogP contribution in [0.4, 0.5) is 0 Å². The Morgan fingerprint density at radius 2 is 2.04 bits per heavy atom. The number of carbonyl (C=O) groups excluding carboxylic acids is 1. The van der Waals surface area contributed by atoms with Crippen molar-refractivity contribution in [3.8, 4) is 0 Å². The molecule has 0 aromatic carbocycles. The number of fused-ring (bicyclic) bond motifs is 1. The maximum atomic E-state index is 12.7. The molecule has 0 amide bonds. The van der Waals surface area contributed by atoms with Gasteiger partial charge >= 0.3 is 11.9 Å². The van der Waals surface area contributed by atoms with Gasteiger partial charge in [0.05, 0.1) is 23.0 Å². The average Bonchev–Trinajstić information content (AvgIpc) is 2.95. The fourth-order valence-corrected chi connectivity index (χ4v) is 7.65. The molecule has 25 heavy (non-hydrogen) atoms. The maximum Gasteiger partial charge on any atom is 0.315 e. The van der Waals surface area contributed by atoms with Crippen molar-refractivity contribution >= 4 is 11.9 Å². The van der Waals surface area contributed by atoms with Crippen LogP contribution in [0.15, 0.2) is 12.2 Å². The third-order valence-corrected chi connectivity index (χ3v) is 8.57. The van der Waals surface area contributed by atoms with Crippen LogP contribution in [0.5, 0.6) is 0 Å². The average molecular weight is 348 g/mol. The third-order valence-electron chi connectivity index (χ3n) is 8.57. The Kier molecular flexibility index (Phi) is 2.61. The second-order valence-electron chi connectivity index (χ2n) is 9.29. The molecule has 0 unspecified atom stereocenters. The molecule has 5 rings (SSSR count). The van der Waals surface area contributed by atoms with E-state index in [1.54, 1.807) is 6.92 Å². The zero-order valence-corrected chi connectivity index (χ0v) is 14.3. The van der Waals surface area contributed by atoms with E-state index in [-0.39, 0.29) is 5.92 Å². The molecule has 0 aromatic rings. The fraction of sp³-hybridized carbons (Fsp3) is 0.789. The number of esters is 1. The van der Waals surface area contributed by atoms with E-state index < -0.39 is 51.9 Å². The van der Waals surface area contributed by atoms with Crippen LogP contribution < -0.4 is 0 Å². The summed E-state index contributed by atoms with van der Waals surface area (Å²) < 4.78 is 5.96. The van der Waals surface area contributed by atoms with E-state index in [2.05, 4.69) is 6.58 Å². The Bertz CT molecular complexity index is 731. The van der Waals surface area contributed by atoms with E-state index in [1.165, 1.54) is 0 Å². The molecule has 5 aliphatic rings. The lowest BCUT2D eigenvalue weighted by molar-refractivity contribution is -0.164. The predicted molar refractivity (Wildman–Crippen MR) is 85.3 cm³/mol. The third kappa shape index (κ3) is 1.41. The lowest BCUT2D eigenvalue weighted by Gasteiger charge is -2.45. The van der Waals surface area contributed by atoms with Crippen molar-refractivity contribution < 1.29 is 29.6 Å². The molecule has 136 valence electrons. The summed E-state index contributed by atoms with van der Waals surface area (Å²) in [6.07, 6.45) is 2.08. The molecule has 0 aromatic heterocycles. The van der Waals surface area contributed by atoms with Crippen LogP contribution in [0.3, 0.4) is 0 Å². The molecule has 0 radical (unpaired) electrons. The first-order valence-corrected chi connectivity index (χ1v) is 9.17. The second kappa shape index (κ2) is 4.12. The quantitative estimate of drug-likeness (QED) is 0.487. The van der Waals surface area contributed by atoms with E-state index in [9.17, 15) is 24.9 Å². The predicted octanol–water partition coefficient (Wildman–Crippen LogP) is 1.25. The van der Waals surface area contributed by atoms with Crippen LogP contribution in [-0.4, -0.2) is 44.6 Å². The Hall–Kier alpha value is -1.40. The molecule has 6 heteroatoms. The monoisotopic (exact) mass is 348 g/mol. The lowest BCUT2D eigenvalue weighted by Crippen LogP contribution is -2.53. The van der Waals surface area contributed by atoms with E-state index in [0.717, 1.165) is 0 Å². The number of aliphatic carboxylic acids is 1. The van der Waals surface area contributed by atoms with Gasteiger partial charge < -0.3 is 20.1 Å². The van der Waals surface area contributed by atoms with Gasteiger partial charge in [0.1, 0.15) is 5.60 Å². The van der Waals surface area contributed by atoms with E-state index in [4.69, 9.17) is 4.74 Å². The molecule has 8 atom stereocenters. The van der Waals surface area contributed by atoms with Gasteiger partial charge in [0, 0.05) is 11.8 Å². The minimum Gasteiger partial charge on any atom is -0.481 e. The molecule has 1 aliphatic heterocycles. The lowest BCUT2D eigenvalue weighted by atomic mass is 9.59. The van der Waals surface area contributed by atoms with Crippen molar-refractivity contribution in [1.82, 2.24) is 0 Å². The van der Waals surface area contributed by atoms with Crippen molar-refractivity contribution in [2.75, 3.05) is 0 Å². The normalized spacial score (nSPS) is 58.7. The summed E-state index contributed by atoms with van der Waals surface area (Å²) in [5.41, 5.74) is -2.93. The Morgan fingerprint density at radius 3 is 2.72 bits per heavy atom. The molecule has 4 saturated carbocycles. The highest BCUT2D eigenvalue weighted by atomic mass is 16.6. The van der Waals surface area contributed by atoms with Gasteiger partial charge in [-0.2, -0.15) is 0 Å². The molecular weight excluding hydrogens is 324 g/mol. The summed E-state index contributed by atoms with van der Waals surface area (Å²) in [7, 11) is 0. The number of hydrogen-bond acceptors (Lipinski definition) is 5. The first-order valence-electron chi connectivity index (χ1n) is 9.17. The van der Waals surface area contributed by atoms with Crippen LogP contribution in [-0.2, 0) is 14.3 Å². The molecule has 1 spiro atoms. The first kappa shape index (κ1) is 15.8. The van der Waals surface area contributed by atoms with Crippen LogP contribution >= 0.6 is 0 Å². The minimum absolute atomic E-state index is 0.0936. The van der Waals surface area contributed by atoms with Gasteiger partial charge in [0.2, 0.25) is 0 Å². The standard InChI is InChI=1S/C19H24O6/c1-9-7-17-8-18(9,24)5-3-10(17)19-6-4-11(20)16(2,15(23)25-19)13(19)12(17)14(21)22/h10-13,20,24H,1,3-8H2,2H3,(H,21,22)/t10-,11-,12+,13+,16+,17-,18-,19+/m0/s1. The van der Waals surface area contributed by atoms with E-state index in [1.807, 2.05) is 0 Å². The zero-order chi connectivity index (χ0) is 18.0. The molecule has 6 nitrogen and oxygen atoms in total. The number of hydrogen-bond donors (Lipinski definition) is 3. The Balaban J connectivity index is 1.76. The fourth-order valence-electron chi connectivity index (χ4n) is 7.65. The number of rotatable bonds is 1. The highest BCUT2D eigenvalue weighted by Gasteiger charge is 2.84. The summed E-state index contributed by atoms with van der Waals surface area (Å²) in [4.78, 5) is 25.1. The SMILES string of the molecule is C=C1C[C@]23C[C@@]1(O)CC[C@@H]2[C@@]12CC[C@H](O)[C@@](C)(C(=O)O1)[C@H]2[C@@H]3C(=O)O. The Morgan fingerprint density at radius 1 is 1.32 bits per heavy atom. The van der Waals surface area contributed by atoms with Gasteiger partial charge in [-0.25, -0.2) is 0 Å². The molecule has 3 N–H and O–H groups in total. The van der Waals surface area contributed by atoms with Crippen LogP contribution in [0.1, 0.15) is 45.4 Å². The van der Waals surface area contributed by atoms with Gasteiger partial charge in [0.25, 0.3) is 0 Å². The smallest absolute Gasteiger partial charge is 0.315 e. The van der Waals surface area contributed by atoms with Crippen molar-refractivity contribution in [2.45, 2.75) is 62.8 Å². The molecule has 4 aliphatic carbocycles. The second-order valence-corrected chi connectivity index (χ2v) is 9.29. The van der Waals surface area contributed by atoms with Crippen molar-refractivity contribution in [3.05, 3.63) is 12.2 Å². The van der Waals surface area contributed by atoms with Gasteiger partial charge in [-0.1, -0.05) is 6.58 Å². The summed E-state index contributed by atoms with van der Waals surface area (Å²) in [6.45, 7) is 5.71. The highest BCUT2D eigenvalue weighted by Crippen LogP contribution is 2.78. The van der Waals surface area contributed by atoms with Crippen LogP contribution in [0.25, 0.3) is 0 Å². The van der Waals surface area contributed by atoms with Gasteiger partial charge in [-0.05, 0) is 56.4 Å². The summed E-state index contributed by atoms with van der Waals surface area (Å²) >= 11 is 0. The molecular formula is C19H24O6. The zero-order valence-electron chi connectivity index (χ0n) is 14.3. The number of carboxylic acids is 1. The molecule has 1 saturated heterocycles. The van der Waals surface area contributed by atoms with E-state index in [0.29, 0.717) is 44.1 Å². The van der Waals surface area contributed by atoms with Gasteiger partial charge in [-0.3, -0.25) is 9.59 Å². The number of aliphatic hydroxyl groups is 2. The van der Waals surface area contributed by atoms with Gasteiger partial charge in [0.15, 0.2) is 0 Å². The van der Waals surface area contributed by atoms with Crippen molar-refractivity contribution in [2.24, 2.45) is 28.6 Å². The summed E-state index contributed by atoms with van der Waals surface area (Å²) in [5, 5.41) is 31.7. The van der Waals surface area contributed by atoms with Gasteiger partial charge in [-0.15, -0.1) is 0 Å². The first-order chi connectivity index (χ1) is 11.6. The summed E-state index contributed by atoms with van der Waals surface area (Å²) in [6, 6.07) is 0. The molecule has 4 bridgehead atoms.